The highest BCUT2D eigenvalue weighted by atomic mass is 16.3. The van der Waals surface area contributed by atoms with Crippen molar-refractivity contribution in [2.24, 2.45) is 29.4 Å². The second-order valence-corrected chi connectivity index (χ2v) is 6.96. The molecule has 1 aliphatic heterocycles. The number of carbonyl (C=O) groups excluding carboxylic acids is 1. The van der Waals surface area contributed by atoms with Crippen LogP contribution < -0.4 is 5.73 Å². The number of rotatable bonds is 1. The minimum Gasteiger partial charge on any atom is -0.393 e. The van der Waals surface area contributed by atoms with Gasteiger partial charge in [0.1, 0.15) is 0 Å². The van der Waals surface area contributed by atoms with E-state index in [2.05, 4.69) is 6.92 Å². The molecule has 0 bridgehead atoms. The number of hydrogen-bond donors (Lipinski definition) is 2. The molecule has 0 radical (unpaired) electrons. The molecule has 1 saturated heterocycles. The Hall–Kier alpha value is -0.610. The zero-order valence-corrected chi connectivity index (χ0v) is 11.8. The van der Waals surface area contributed by atoms with Gasteiger partial charge in [0.15, 0.2) is 0 Å². The first-order valence-electron chi connectivity index (χ1n) is 7.78. The molecule has 3 aliphatic rings. The van der Waals surface area contributed by atoms with Crippen molar-refractivity contribution in [3.8, 4) is 0 Å². The zero-order chi connectivity index (χ0) is 13.6. The third-order valence-electron chi connectivity index (χ3n) is 5.72. The van der Waals surface area contributed by atoms with Gasteiger partial charge in [-0.05, 0) is 43.9 Å². The maximum Gasteiger partial charge on any atom is 0.225 e. The summed E-state index contributed by atoms with van der Waals surface area (Å²) < 4.78 is 0. The first kappa shape index (κ1) is 13.4. The second kappa shape index (κ2) is 5.06. The molecule has 0 spiro atoms. The van der Waals surface area contributed by atoms with Crippen LogP contribution in [-0.4, -0.2) is 41.1 Å². The number of amides is 1. The van der Waals surface area contributed by atoms with Crippen LogP contribution in [0.5, 0.6) is 0 Å². The van der Waals surface area contributed by atoms with Gasteiger partial charge in [-0.1, -0.05) is 6.92 Å². The molecule has 0 aromatic carbocycles. The van der Waals surface area contributed by atoms with Gasteiger partial charge in [-0.15, -0.1) is 0 Å². The van der Waals surface area contributed by atoms with Crippen LogP contribution >= 0.6 is 0 Å². The Morgan fingerprint density at radius 1 is 1.21 bits per heavy atom. The number of likely N-dealkylation sites (tertiary alicyclic amines) is 1. The van der Waals surface area contributed by atoms with Gasteiger partial charge in [0.25, 0.3) is 0 Å². The van der Waals surface area contributed by atoms with Gasteiger partial charge < -0.3 is 15.7 Å². The highest BCUT2D eigenvalue weighted by Gasteiger charge is 2.44. The van der Waals surface area contributed by atoms with Crippen molar-refractivity contribution in [1.82, 2.24) is 4.90 Å². The van der Waals surface area contributed by atoms with Crippen LogP contribution in [0.25, 0.3) is 0 Å². The SMILES string of the molecule is CC1CC(C(=O)N2CC3CCC(O)C3C2)CCC1N. The monoisotopic (exact) mass is 266 g/mol. The number of aliphatic hydroxyl groups is 1. The molecule has 3 fully saturated rings. The minimum absolute atomic E-state index is 0.172. The molecule has 6 atom stereocenters. The molecule has 4 heteroatoms. The average Bonchev–Trinajstić information content (AvgIpc) is 2.95. The molecule has 0 aromatic rings. The van der Waals surface area contributed by atoms with E-state index in [0.717, 1.165) is 45.2 Å². The van der Waals surface area contributed by atoms with E-state index in [1.165, 1.54) is 0 Å². The fourth-order valence-electron chi connectivity index (χ4n) is 4.32. The van der Waals surface area contributed by atoms with E-state index in [-0.39, 0.29) is 18.1 Å². The third kappa shape index (κ3) is 2.40. The lowest BCUT2D eigenvalue weighted by Crippen LogP contribution is -2.42. The number of nitrogens with zero attached hydrogens (tertiary/aromatic N) is 1. The first-order chi connectivity index (χ1) is 9.06. The lowest BCUT2D eigenvalue weighted by molar-refractivity contribution is -0.136. The van der Waals surface area contributed by atoms with Gasteiger partial charge in [-0.2, -0.15) is 0 Å². The van der Waals surface area contributed by atoms with E-state index in [1.54, 1.807) is 0 Å². The third-order valence-corrected chi connectivity index (χ3v) is 5.72. The Morgan fingerprint density at radius 3 is 2.68 bits per heavy atom. The molecule has 2 saturated carbocycles. The van der Waals surface area contributed by atoms with Gasteiger partial charge in [0.2, 0.25) is 5.91 Å². The summed E-state index contributed by atoms with van der Waals surface area (Å²) in [5, 5.41) is 9.93. The van der Waals surface area contributed by atoms with Crippen LogP contribution in [0.15, 0.2) is 0 Å². The van der Waals surface area contributed by atoms with Crippen molar-refractivity contribution in [3.63, 3.8) is 0 Å². The number of aliphatic hydroxyl groups excluding tert-OH is 1. The van der Waals surface area contributed by atoms with Gasteiger partial charge in [-0.3, -0.25) is 4.79 Å². The Morgan fingerprint density at radius 2 is 2.00 bits per heavy atom. The summed E-state index contributed by atoms with van der Waals surface area (Å²) in [6, 6.07) is 0.267. The summed E-state index contributed by atoms with van der Waals surface area (Å²) in [5.74, 6) is 1.83. The largest absolute Gasteiger partial charge is 0.393 e. The molecule has 1 amide bonds. The van der Waals surface area contributed by atoms with Crippen molar-refractivity contribution in [3.05, 3.63) is 0 Å². The summed E-state index contributed by atoms with van der Waals surface area (Å²) >= 11 is 0. The number of nitrogens with two attached hydrogens (primary N) is 1. The summed E-state index contributed by atoms with van der Waals surface area (Å²) in [7, 11) is 0. The van der Waals surface area contributed by atoms with Crippen molar-refractivity contribution in [2.45, 2.75) is 51.2 Å². The van der Waals surface area contributed by atoms with Crippen LogP contribution in [0.1, 0.15) is 39.0 Å². The zero-order valence-electron chi connectivity index (χ0n) is 11.8. The summed E-state index contributed by atoms with van der Waals surface area (Å²) in [6.07, 6.45) is 4.68. The van der Waals surface area contributed by atoms with Crippen LogP contribution in [0.2, 0.25) is 0 Å². The van der Waals surface area contributed by atoms with E-state index in [9.17, 15) is 9.90 Å². The second-order valence-electron chi connectivity index (χ2n) is 6.96. The number of carbonyl (C=O) groups is 1. The van der Waals surface area contributed by atoms with Gasteiger partial charge >= 0.3 is 0 Å². The topological polar surface area (TPSA) is 66.6 Å². The highest BCUT2D eigenvalue weighted by Crippen LogP contribution is 2.39. The van der Waals surface area contributed by atoms with Gasteiger partial charge in [0.05, 0.1) is 6.10 Å². The maximum absolute atomic E-state index is 12.6. The van der Waals surface area contributed by atoms with Crippen LogP contribution in [-0.2, 0) is 4.79 Å². The summed E-state index contributed by atoms with van der Waals surface area (Å²) in [5.41, 5.74) is 6.03. The molecular formula is C15H26N2O2. The Bertz CT molecular complexity index is 360. The molecule has 3 N–H and O–H groups in total. The van der Waals surface area contributed by atoms with Gasteiger partial charge in [0, 0.05) is 31.0 Å². The van der Waals surface area contributed by atoms with E-state index >= 15 is 0 Å². The fourth-order valence-corrected chi connectivity index (χ4v) is 4.32. The Balaban J connectivity index is 1.60. The van der Waals surface area contributed by atoms with E-state index in [0.29, 0.717) is 23.7 Å². The smallest absolute Gasteiger partial charge is 0.225 e. The predicted octanol–water partition coefficient (Wildman–Crippen LogP) is 0.979. The Kier molecular flexibility index (Phi) is 3.56. The molecule has 6 unspecified atom stereocenters. The predicted molar refractivity (Wildman–Crippen MR) is 73.3 cm³/mol. The molecule has 3 rings (SSSR count). The molecule has 2 aliphatic carbocycles. The quantitative estimate of drug-likeness (QED) is 0.743. The molecule has 4 nitrogen and oxygen atoms in total. The van der Waals surface area contributed by atoms with Crippen molar-refractivity contribution < 1.29 is 9.90 Å². The number of hydrogen-bond acceptors (Lipinski definition) is 3. The Labute approximate surface area is 115 Å². The van der Waals surface area contributed by atoms with E-state index < -0.39 is 0 Å². The average molecular weight is 266 g/mol. The molecule has 0 aromatic heterocycles. The van der Waals surface area contributed by atoms with Crippen LogP contribution in [0.4, 0.5) is 0 Å². The highest BCUT2D eigenvalue weighted by molar-refractivity contribution is 5.79. The van der Waals surface area contributed by atoms with Crippen molar-refractivity contribution in [1.29, 1.82) is 0 Å². The van der Waals surface area contributed by atoms with E-state index in [4.69, 9.17) is 5.73 Å². The molecule has 108 valence electrons. The summed E-state index contributed by atoms with van der Waals surface area (Å²) in [6.45, 7) is 3.81. The normalized spacial score (nSPS) is 46.4. The lowest BCUT2D eigenvalue weighted by Gasteiger charge is -2.33. The number of fused-ring (bicyclic) bond motifs is 1. The fraction of sp³-hybridized carbons (Fsp3) is 0.933. The van der Waals surface area contributed by atoms with E-state index in [1.807, 2.05) is 4.90 Å². The van der Waals surface area contributed by atoms with Crippen LogP contribution in [0, 0.1) is 23.7 Å². The molecule has 1 heterocycles. The molecular weight excluding hydrogens is 240 g/mol. The summed E-state index contributed by atoms with van der Waals surface area (Å²) in [4.78, 5) is 14.6. The van der Waals surface area contributed by atoms with Crippen molar-refractivity contribution in [2.75, 3.05) is 13.1 Å². The maximum atomic E-state index is 12.6. The minimum atomic E-state index is -0.179. The van der Waals surface area contributed by atoms with Crippen molar-refractivity contribution >= 4 is 5.91 Å². The standard InChI is InChI=1S/C15H26N2O2/c1-9-6-10(2-4-13(9)16)15(19)17-7-11-3-5-14(18)12(11)8-17/h9-14,18H,2-8,16H2,1H3. The molecule has 19 heavy (non-hydrogen) atoms. The van der Waals surface area contributed by atoms with Crippen LogP contribution in [0.3, 0.4) is 0 Å². The first-order valence-corrected chi connectivity index (χ1v) is 7.78. The van der Waals surface area contributed by atoms with Gasteiger partial charge in [-0.25, -0.2) is 0 Å². The lowest BCUT2D eigenvalue weighted by atomic mass is 9.79.